The molecule has 0 radical (unpaired) electrons. The lowest BCUT2D eigenvalue weighted by molar-refractivity contribution is 0.316. The van der Waals surface area contributed by atoms with E-state index in [-0.39, 0.29) is 6.17 Å². The lowest BCUT2D eigenvalue weighted by Crippen LogP contribution is -2.30. The second-order valence-corrected chi connectivity index (χ2v) is 4.02. The van der Waals surface area contributed by atoms with E-state index >= 15 is 0 Å². The van der Waals surface area contributed by atoms with Crippen LogP contribution in [-0.4, -0.2) is 6.17 Å². The fraction of sp³-hybridized carbons (Fsp3) is 1.00. The molecule has 0 aromatic heterocycles. The average Bonchev–Trinajstić information content (AvgIpc) is 2.33. The summed E-state index contributed by atoms with van der Waals surface area (Å²) in [5.41, 5.74) is 11.0. The van der Waals surface area contributed by atoms with Gasteiger partial charge in [-0.1, -0.05) is 6.92 Å². The highest BCUT2D eigenvalue weighted by atomic mass is 14.9. The lowest BCUT2D eigenvalue weighted by atomic mass is 9.88. The topological polar surface area (TPSA) is 52.0 Å². The zero-order chi connectivity index (χ0) is 7.30. The number of nitrogens with two attached hydrogens (primary N) is 2. The molecular weight excluding hydrogens is 124 g/mol. The fourth-order valence-electron chi connectivity index (χ4n) is 2.69. The van der Waals surface area contributed by atoms with Crippen molar-refractivity contribution in [3.05, 3.63) is 0 Å². The van der Waals surface area contributed by atoms with Crippen LogP contribution in [0.2, 0.25) is 0 Å². The summed E-state index contributed by atoms with van der Waals surface area (Å²) in [4.78, 5) is 0. The molecule has 2 heteroatoms. The number of hydrogen-bond acceptors (Lipinski definition) is 2. The summed E-state index contributed by atoms with van der Waals surface area (Å²) in [6, 6.07) is 0. The third kappa shape index (κ3) is 0.789. The van der Waals surface area contributed by atoms with Crippen molar-refractivity contribution in [2.45, 2.75) is 25.9 Å². The van der Waals surface area contributed by atoms with Crippen molar-refractivity contribution in [3.63, 3.8) is 0 Å². The molecule has 0 amide bonds. The van der Waals surface area contributed by atoms with Gasteiger partial charge >= 0.3 is 0 Å². The molecule has 0 aromatic carbocycles. The normalized spacial score (nSPS) is 50.4. The maximum Gasteiger partial charge on any atom is 0.0523 e. The first-order chi connectivity index (χ1) is 4.70. The second kappa shape index (κ2) is 1.95. The molecule has 0 heterocycles. The Morgan fingerprint density at radius 2 is 2.20 bits per heavy atom. The molecule has 2 saturated carbocycles. The quantitative estimate of drug-likeness (QED) is 0.549. The maximum atomic E-state index is 5.51. The van der Waals surface area contributed by atoms with Crippen LogP contribution in [0.25, 0.3) is 0 Å². The summed E-state index contributed by atoms with van der Waals surface area (Å²) in [7, 11) is 0. The minimum absolute atomic E-state index is 0.0669. The highest BCUT2D eigenvalue weighted by Gasteiger charge is 2.60. The van der Waals surface area contributed by atoms with Crippen molar-refractivity contribution < 1.29 is 0 Å². The minimum atomic E-state index is -0.0669. The molecule has 2 aliphatic carbocycles. The van der Waals surface area contributed by atoms with Crippen LogP contribution in [-0.2, 0) is 0 Å². The summed E-state index contributed by atoms with van der Waals surface area (Å²) >= 11 is 0. The molecule has 10 heavy (non-hydrogen) atoms. The summed E-state index contributed by atoms with van der Waals surface area (Å²) in [6.07, 6.45) is 2.42. The Hall–Kier alpha value is -0.0800. The van der Waals surface area contributed by atoms with Crippen molar-refractivity contribution in [1.82, 2.24) is 0 Å². The van der Waals surface area contributed by atoms with E-state index < -0.39 is 0 Å². The largest absolute Gasteiger partial charge is 0.316 e. The van der Waals surface area contributed by atoms with Crippen LogP contribution in [0.4, 0.5) is 0 Å². The van der Waals surface area contributed by atoms with Gasteiger partial charge in [0.15, 0.2) is 0 Å². The van der Waals surface area contributed by atoms with Crippen LogP contribution in [0.3, 0.4) is 0 Å². The van der Waals surface area contributed by atoms with Gasteiger partial charge in [0.1, 0.15) is 0 Å². The first-order valence-electron chi connectivity index (χ1n) is 4.21. The summed E-state index contributed by atoms with van der Waals surface area (Å²) in [6.45, 7) is 2.34. The van der Waals surface area contributed by atoms with Crippen molar-refractivity contribution in [3.8, 4) is 0 Å². The molecule has 2 nitrogen and oxygen atoms in total. The zero-order valence-corrected chi connectivity index (χ0v) is 6.46. The van der Waals surface area contributed by atoms with Crippen LogP contribution in [0.1, 0.15) is 19.8 Å². The summed E-state index contributed by atoms with van der Waals surface area (Å²) in [5.74, 6) is 3.89. The molecule has 2 rings (SSSR count). The van der Waals surface area contributed by atoms with Gasteiger partial charge in [-0.15, -0.1) is 0 Å². The second-order valence-electron chi connectivity index (χ2n) is 4.02. The smallest absolute Gasteiger partial charge is 0.0523 e. The number of rotatable bonds is 2. The Morgan fingerprint density at radius 3 is 2.50 bits per heavy atom. The molecule has 0 aromatic rings. The molecule has 0 spiro atoms. The van der Waals surface area contributed by atoms with Gasteiger partial charge < -0.3 is 11.5 Å². The molecule has 2 aliphatic rings. The van der Waals surface area contributed by atoms with Gasteiger partial charge in [0.05, 0.1) is 6.17 Å². The van der Waals surface area contributed by atoms with Crippen molar-refractivity contribution in [2.75, 3.05) is 0 Å². The summed E-state index contributed by atoms with van der Waals surface area (Å²) in [5, 5.41) is 0. The molecule has 0 saturated heterocycles. The van der Waals surface area contributed by atoms with E-state index in [0.717, 1.165) is 30.1 Å². The lowest BCUT2D eigenvalue weighted by Gasteiger charge is -2.18. The molecule has 2 fully saturated rings. The Bertz CT molecular complexity index is 144. The van der Waals surface area contributed by atoms with Crippen molar-refractivity contribution in [2.24, 2.45) is 35.1 Å². The van der Waals surface area contributed by atoms with Crippen LogP contribution < -0.4 is 11.5 Å². The van der Waals surface area contributed by atoms with Crippen LogP contribution in [0.5, 0.6) is 0 Å². The standard InChI is InChI=1S/C8H16N2/c1-4-2-5-6(8(4)5)3-7(9)10/h4-8H,2-3,9-10H2,1H3/t4-,5+,6?,8-/m1/s1. The van der Waals surface area contributed by atoms with E-state index in [1.54, 1.807) is 0 Å². The van der Waals surface area contributed by atoms with E-state index in [4.69, 9.17) is 11.5 Å². The van der Waals surface area contributed by atoms with Gasteiger partial charge in [-0.2, -0.15) is 0 Å². The third-order valence-electron chi connectivity index (χ3n) is 3.24. The van der Waals surface area contributed by atoms with E-state index in [9.17, 15) is 0 Å². The average molecular weight is 140 g/mol. The van der Waals surface area contributed by atoms with E-state index in [0.29, 0.717) is 0 Å². The van der Waals surface area contributed by atoms with E-state index in [1.165, 1.54) is 6.42 Å². The minimum Gasteiger partial charge on any atom is -0.316 e. The Kier molecular flexibility index (Phi) is 1.29. The van der Waals surface area contributed by atoms with E-state index in [2.05, 4.69) is 6.92 Å². The van der Waals surface area contributed by atoms with Crippen molar-refractivity contribution in [1.29, 1.82) is 0 Å². The van der Waals surface area contributed by atoms with Gasteiger partial charge in [-0.05, 0) is 36.5 Å². The summed E-state index contributed by atoms with van der Waals surface area (Å²) < 4.78 is 0. The van der Waals surface area contributed by atoms with Gasteiger partial charge in [-0.3, -0.25) is 0 Å². The highest BCUT2D eigenvalue weighted by molar-refractivity contribution is 5.08. The predicted octanol–water partition coefficient (Wildman–Crippen LogP) is 0.522. The Labute approximate surface area is 62.0 Å². The molecular formula is C8H16N2. The first-order valence-corrected chi connectivity index (χ1v) is 4.21. The molecule has 4 atom stereocenters. The molecule has 0 aliphatic heterocycles. The molecule has 58 valence electrons. The fourth-order valence-corrected chi connectivity index (χ4v) is 2.69. The molecule has 0 bridgehead atoms. The highest BCUT2D eigenvalue weighted by Crippen LogP contribution is 2.65. The van der Waals surface area contributed by atoms with Crippen LogP contribution >= 0.6 is 0 Å². The third-order valence-corrected chi connectivity index (χ3v) is 3.24. The molecule has 4 N–H and O–H groups in total. The van der Waals surface area contributed by atoms with Crippen LogP contribution in [0.15, 0.2) is 0 Å². The van der Waals surface area contributed by atoms with Crippen LogP contribution in [0, 0.1) is 23.7 Å². The van der Waals surface area contributed by atoms with Gasteiger partial charge in [0.25, 0.3) is 0 Å². The first kappa shape index (κ1) is 6.62. The van der Waals surface area contributed by atoms with E-state index in [1.807, 2.05) is 0 Å². The molecule has 1 unspecified atom stereocenters. The van der Waals surface area contributed by atoms with Crippen molar-refractivity contribution >= 4 is 0 Å². The maximum absolute atomic E-state index is 5.51. The predicted molar refractivity (Wildman–Crippen MR) is 41.0 cm³/mol. The van der Waals surface area contributed by atoms with Gasteiger partial charge in [0, 0.05) is 0 Å². The van der Waals surface area contributed by atoms with Gasteiger partial charge in [0.2, 0.25) is 0 Å². The number of hydrogen-bond donors (Lipinski definition) is 2. The zero-order valence-electron chi connectivity index (χ0n) is 6.46. The number of fused-ring (bicyclic) bond motifs is 1. The monoisotopic (exact) mass is 140 g/mol. The Morgan fingerprint density at radius 1 is 1.50 bits per heavy atom. The Balaban J connectivity index is 1.80. The van der Waals surface area contributed by atoms with Gasteiger partial charge in [-0.25, -0.2) is 0 Å². The SMILES string of the molecule is C[C@@H]1C[C@H]2C(CC(N)N)[C@H]12.